The second kappa shape index (κ2) is 8.39. The Morgan fingerprint density at radius 3 is 2.53 bits per heavy atom. The van der Waals surface area contributed by atoms with E-state index in [-0.39, 0.29) is 18.2 Å². The molecule has 0 aromatic carbocycles. The molecule has 0 atom stereocenters. The highest BCUT2D eigenvalue weighted by molar-refractivity contribution is 7.99. The highest BCUT2D eigenvalue weighted by Gasteiger charge is 2.20. The maximum absolute atomic E-state index is 11.7. The van der Waals surface area contributed by atoms with Crippen LogP contribution in [0.1, 0.15) is 38.5 Å². The molecule has 1 saturated heterocycles. The van der Waals surface area contributed by atoms with Crippen LogP contribution in [0, 0.1) is 5.92 Å². The number of carboxylic acid groups (broad SMARTS) is 1. The maximum atomic E-state index is 11.7. The van der Waals surface area contributed by atoms with E-state index in [1.54, 1.807) is 0 Å². The van der Waals surface area contributed by atoms with Crippen LogP contribution in [0.15, 0.2) is 0 Å². The first-order chi connectivity index (χ1) is 8.20. The number of rotatable bonds is 7. The van der Waals surface area contributed by atoms with E-state index in [4.69, 9.17) is 5.11 Å². The van der Waals surface area contributed by atoms with Gasteiger partial charge in [-0.3, -0.25) is 9.59 Å². The Balaban J connectivity index is 1.98. The number of carboxylic acids is 1. The zero-order valence-electron chi connectivity index (χ0n) is 10.1. The highest BCUT2D eigenvalue weighted by Crippen LogP contribution is 2.22. The third-order valence-electron chi connectivity index (χ3n) is 2.96. The predicted octanol–water partition coefficient (Wildman–Crippen LogP) is 1.89. The average molecular weight is 259 g/mol. The standard InChI is InChI=1S/C12H21NO3S/c14-11(15)4-2-1-3-7-13-12(16)10-5-8-17-9-6-10/h10H,1-9H2,(H,13,16)(H,14,15). The number of nitrogens with one attached hydrogen (secondary N) is 1. The molecule has 1 aliphatic rings. The van der Waals surface area contributed by atoms with Crippen molar-refractivity contribution < 1.29 is 14.7 Å². The van der Waals surface area contributed by atoms with Gasteiger partial charge in [0.25, 0.3) is 0 Å². The summed E-state index contributed by atoms with van der Waals surface area (Å²) >= 11 is 1.92. The van der Waals surface area contributed by atoms with Crippen molar-refractivity contribution in [3.63, 3.8) is 0 Å². The lowest BCUT2D eigenvalue weighted by Gasteiger charge is -2.20. The normalized spacial score (nSPS) is 16.7. The smallest absolute Gasteiger partial charge is 0.303 e. The minimum Gasteiger partial charge on any atom is -0.481 e. The van der Waals surface area contributed by atoms with E-state index in [9.17, 15) is 9.59 Å². The van der Waals surface area contributed by atoms with Crippen molar-refractivity contribution in [1.82, 2.24) is 5.32 Å². The molecule has 0 spiro atoms. The van der Waals surface area contributed by atoms with Gasteiger partial charge in [-0.2, -0.15) is 11.8 Å². The van der Waals surface area contributed by atoms with Gasteiger partial charge in [-0.1, -0.05) is 6.42 Å². The van der Waals surface area contributed by atoms with E-state index >= 15 is 0 Å². The average Bonchev–Trinajstić information content (AvgIpc) is 2.34. The van der Waals surface area contributed by atoms with Crippen LogP contribution in [0.2, 0.25) is 0 Å². The van der Waals surface area contributed by atoms with Gasteiger partial charge in [0.2, 0.25) is 5.91 Å². The molecule has 2 N–H and O–H groups in total. The molecule has 0 aromatic rings. The molecule has 4 nitrogen and oxygen atoms in total. The molecule has 1 amide bonds. The van der Waals surface area contributed by atoms with Crippen LogP contribution >= 0.6 is 11.8 Å². The van der Waals surface area contributed by atoms with Crippen LogP contribution in [0.25, 0.3) is 0 Å². The summed E-state index contributed by atoms with van der Waals surface area (Å²) in [5.74, 6) is 1.83. The third-order valence-corrected chi connectivity index (χ3v) is 4.01. The van der Waals surface area contributed by atoms with Crippen molar-refractivity contribution in [3.05, 3.63) is 0 Å². The number of carbonyl (C=O) groups is 2. The Labute approximate surface area is 107 Å². The Bertz CT molecular complexity index is 252. The number of hydrogen-bond donors (Lipinski definition) is 2. The number of thioether (sulfide) groups is 1. The lowest BCUT2D eigenvalue weighted by molar-refractivity contribution is -0.137. The Morgan fingerprint density at radius 2 is 1.88 bits per heavy atom. The van der Waals surface area contributed by atoms with Crippen molar-refractivity contribution in [2.45, 2.75) is 38.5 Å². The number of carbonyl (C=O) groups excluding carboxylic acids is 1. The first-order valence-electron chi connectivity index (χ1n) is 6.27. The molecule has 17 heavy (non-hydrogen) atoms. The van der Waals surface area contributed by atoms with Crippen LogP contribution in [-0.4, -0.2) is 35.0 Å². The summed E-state index contributed by atoms with van der Waals surface area (Å²) in [7, 11) is 0. The third kappa shape index (κ3) is 6.56. The molecular formula is C12H21NO3S. The first-order valence-corrected chi connectivity index (χ1v) is 7.43. The van der Waals surface area contributed by atoms with Crippen LogP contribution < -0.4 is 5.32 Å². The van der Waals surface area contributed by atoms with Crippen molar-refractivity contribution in [2.75, 3.05) is 18.1 Å². The number of aliphatic carboxylic acids is 1. The van der Waals surface area contributed by atoms with Crippen LogP contribution in [-0.2, 0) is 9.59 Å². The topological polar surface area (TPSA) is 66.4 Å². The molecular weight excluding hydrogens is 238 g/mol. The summed E-state index contributed by atoms with van der Waals surface area (Å²) in [4.78, 5) is 22.0. The minimum atomic E-state index is -0.742. The van der Waals surface area contributed by atoms with E-state index in [1.165, 1.54) is 0 Å². The van der Waals surface area contributed by atoms with Gasteiger partial charge in [0.1, 0.15) is 0 Å². The van der Waals surface area contributed by atoms with E-state index in [0.29, 0.717) is 13.0 Å². The SMILES string of the molecule is O=C(O)CCCCCNC(=O)C1CCSCC1. The van der Waals surface area contributed by atoms with Crippen molar-refractivity contribution in [2.24, 2.45) is 5.92 Å². The zero-order valence-corrected chi connectivity index (χ0v) is 10.9. The highest BCUT2D eigenvalue weighted by atomic mass is 32.2. The fourth-order valence-electron chi connectivity index (χ4n) is 1.89. The molecule has 0 aromatic heterocycles. The summed E-state index contributed by atoms with van der Waals surface area (Å²) in [6, 6.07) is 0. The van der Waals surface area contributed by atoms with Crippen LogP contribution in [0.5, 0.6) is 0 Å². The fraction of sp³-hybridized carbons (Fsp3) is 0.833. The monoisotopic (exact) mass is 259 g/mol. The Kier molecular flexibility index (Phi) is 7.08. The van der Waals surface area contributed by atoms with E-state index in [2.05, 4.69) is 5.32 Å². The summed E-state index contributed by atoms with van der Waals surface area (Å²) in [6.07, 6.45) is 4.66. The van der Waals surface area contributed by atoms with Crippen molar-refractivity contribution in [1.29, 1.82) is 0 Å². The quantitative estimate of drug-likeness (QED) is 0.685. The molecule has 0 radical (unpaired) electrons. The minimum absolute atomic E-state index is 0.184. The summed E-state index contributed by atoms with van der Waals surface area (Å²) in [6.45, 7) is 0.683. The van der Waals surface area contributed by atoms with Gasteiger partial charge in [0.05, 0.1) is 0 Å². The van der Waals surface area contributed by atoms with Gasteiger partial charge < -0.3 is 10.4 Å². The Morgan fingerprint density at radius 1 is 1.18 bits per heavy atom. The first kappa shape index (κ1) is 14.4. The molecule has 98 valence electrons. The van der Waals surface area contributed by atoms with Crippen molar-refractivity contribution >= 4 is 23.6 Å². The van der Waals surface area contributed by atoms with Gasteiger partial charge in [0.15, 0.2) is 0 Å². The number of amides is 1. The molecule has 5 heteroatoms. The second-order valence-corrected chi connectivity index (χ2v) is 5.61. The van der Waals surface area contributed by atoms with E-state index < -0.39 is 5.97 Å². The molecule has 1 heterocycles. The molecule has 0 bridgehead atoms. The summed E-state index contributed by atoms with van der Waals surface area (Å²) in [5.41, 5.74) is 0. The van der Waals surface area contributed by atoms with Crippen molar-refractivity contribution in [3.8, 4) is 0 Å². The zero-order chi connectivity index (χ0) is 12.5. The van der Waals surface area contributed by atoms with E-state index in [0.717, 1.165) is 37.2 Å². The molecule has 1 rings (SSSR count). The molecule has 0 saturated carbocycles. The maximum Gasteiger partial charge on any atom is 0.303 e. The van der Waals surface area contributed by atoms with Gasteiger partial charge in [0, 0.05) is 18.9 Å². The van der Waals surface area contributed by atoms with Gasteiger partial charge >= 0.3 is 5.97 Å². The van der Waals surface area contributed by atoms with Crippen LogP contribution in [0.4, 0.5) is 0 Å². The molecule has 0 unspecified atom stereocenters. The lowest BCUT2D eigenvalue weighted by Crippen LogP contribution is -2.33. The molecule has 1 aliphatic heterocycles. The molecule has 1 fully saturated rings. The van der Waals surface area contributed by atoms with Crippen LogP contribution in [0.3, 0.4) is 0 Å². The largest absolute Gasteiger partial charge is 0.481 e. The van der Waals surface area contributed by atoms with E-state index in [1.807, 2.05) is 11.8 Å². The summed E-state index contributed by atoms with van der Waals surface area (Å²) in [5, 5.41) is 11.4. The van der Waals surface area contributed by atoms with Gasteiger partial charge in [-0.25, -0.2) is 0 Å². The lowest BCUT2D eigenvalue weighted by atomic mass is 10.0. The van der Waals surface area contributed by atoms with Gasteiger partial charge in [-0.15, -0.1) is 0 Å². The predicted molar refractivity (Wildman–Crippen MR) is 69.2 cm³/mol. The number of unbranched alkanes of at least 4 members (excludes halogenated alkanes) is 2. The molecule has 0 aliphatic carbocycles. The Hall–Kier alpha value is -0.710. The number of hydrogen-bond acceptors (Lipinski definition) is 3. The fourth-order valence-corrected chi connectivity index (χ4v) is 3.00. The summed E-state index contributed by atoms with van der Waals surface area (Å²) < 4.78 is 0. The second-order valence-electron chi connectivity index (χ2n) is 4.38. The van der Waals surface area contributed by atoms with Gasteiger partial charge in [-0.05, 0) is 37.2 Å².